The van der Waals surface area contributed by atoms with Gasteiger partial charge >= 0.3 is 0 Å². The molecular formula is C12H16IN5. The molecule has 0 saturated carbocycles. The van der Waals surface area contributed by atoms with Crippen molar-refractivity contribution in [3.8, 4) is 0 Å². The topological polar surface area (TPSA) is 53.7 Å². The lowest BCUT2D eigenvalue weighted by molar-refractivity contribution is 0.713. The van der Waals surface area contributed by atoms with Crippen molar-refractivity contribution in [2.75, 3.05) is 6.54 Å². The monoisotopic (exact) mass is 357 g/mol. The van der Waals surface area contributed by atoms with Gasteiger partial charge in [-0.25, -0.2) is 4.52 Å². The molecule has 1 atom stereocenters. The Morgan fingerprint density at radius 3 is 3.17 bits per heavy atom. The SMILES string of the molecule is CC1CN=C(NCc2cnn3ccccc23)N1.I. The molecule has 0 aromatic carbocycles. The molecule has 0 aliphatic carbocycles. The van der Waals surface area contributed by atoms with Crippen molar-refractivity contribution in [1.29, 1.82) is 0 Å². The molecule has 2 aromatic heterocycles. The van der Waals surface area contributed by atoms with Crippen LogP contribution in [0.3, 0.4) is 0 Å². The van der Waals surface area contributed by atoms with Gasteiger partial charge in [-0.1, -0.05) is 6.07 Å². The smallest absolute Gasteiger partial charge is 0.191 e. The third-order valence-electron chi connectivity index (χ3n) is 2.86. The summed E-state index contributed by atoms with van der Waals surface area (Å²) in [5.41, 5.74) is 2.31. The van der Waals surface area contributed by atoms with Crippen LogP contribution in [0.25, 0.3) is 5.52 Å². The van der Waals surface area contributed by atoms with Gasteiger partial charge in [0, 0.05) is 24.3 Å². The van der Waals surface area contributed by atoms with Gasteiger partial charge in [-0.2, -0.15) is 5.10 Å². The van der Waals surface area contributed by atoms with E-state index in [4.69, 9.17) is 0 Å². The van der Waals surface area contributed by atoms with Crippen LogP contribution in [0, 0.1) is 0 Å². The highest BCUT2D eigenvalue weighted by Crippen LogP contribution is 2.09. The summed E-state index contributed by atoms with van der Waals surface area (Å²) in [5.74, 6) is 0.882. The number of halogens is 1. The van der Waals surface area contributed by atoms with Gasteiger partial charge in [0.05, 0.1) is 18.3 Å². The lowest BCUT2D eigenvalue weighted by Gasteiger charge is -2.07. The van der Waals surface area contributed by atoms with Crippen molar-refractivity contribution in [2.45, 2.75) is 19.5 Å². The first-order valence-corrected chi connectivity index (χ1v) is 5.79. The van der Waals surface area contributed by atoms with Crippen LogP contribution < -0.4 is 10.6 Å². The number of pyridine rings is 1. The van der Waals surface area contributed by atoms with Crippen LogP contribution in [0.1, 0.15) is 12.5 Å². The second-order valence-electron chi connectivity index (χ2n) is 4.29. The normalized spacial score (nSPS) is 18.1. The van der Waals surface area contributed by atoms with Crippen LogP contribution in [-0.4, -0.2) is 28.2 Å². The summed E-state index contributed by atoms with van der Waals surface area (Å²) in [7, 11) is 0. The van der Waals surface area contributed by atoms with Gasteiger partial charge in [0.2, 0.25) is 0 Å². The second kappa shape index (κ2) is 5.55. The quantitative estimate of drug-likeness (QED) is 0.799. The van der Waals surface area contributed by atoms with E-state index in [-0.39, 0.29) is 24.0 Å². The Bertz CT molecular complexity index is 562. The molecule has 0 amide bonds. The predicted molar refractivity (Wildman–Crippen MR) is 82.3 cm³/mol. The van der Waals surface area contributed by atoms with Gasteiger partial charge in [0.15, 0.2) is 5.96 Å². The highest BCUT2D eigenvalue weighted by Gasteiger charge is 2.12. The third-order valence-corrected chi connectivity index (χ3v) is 2.86. The van der Waals surface area contributed by atoms with Gasteiger partial charge in [-0.15, -0.1) is 24.0 Å². The molecule has 0 spiro atoms. The number of guanidine groups is 1. The van der Waals surface area contributed by atoms with Gasteiger partial charge in [0.25, 0.3) is 0 Å². The van der Waals surface area contributed by atoms with Gasteiger partial charge < -0.3 is 10.6 Å². The molecule has 18 heavy (non-hydrogen) atoms. The molecule has 96 valence electrons. The lowest BCUT2D eigenvalue weighted by atomic mass is 10.2. The summed E-state index contributed by atoms with van der Waals surface area (Å²) in [6.45, 7) is 3.71. The molecule has 0 radical (unpaired) electrons. The first-order valence-electron chi connectivity index (χ1n) is 5.79. The van der Waals surface area contributed by atoms with Crippen molar-refractivity contribution in [3.05, 3.63) is 36.2 Å². The Labute approximate surface area is 123 Å². The van der Waals surface area contributed by atoms with Gasteiger partial charge in [-0.3, -0.25) is 4.99 Å². The first kappa shape index (κ1) is 13.1. The van der Waals surface area contributed by atoms with E-state index in [1.807, 2.05) is 29.0 Å². The molecule has 1 unspecified atom stereocenters. The van der Waals surface area contributed by atoms with Crippen molar-refractivity contribution in [3.63, 3.8) is 0 Å². The molecule has 1 aliphatic heterocycles. The molecule has 1 aliphatic rings. The number of hydrogen-bond acceptors (Lipinski definition) is 4. The highest BCUT2D eigenvalue weighted by atomic mass is 127. The molecule has 6 heteroatoms. The van der Waals surface area contributed by atoms with E-state index >= 15 is 0 Å². The maximum atomic E-state index is 4.36. The van der Waals surface area contributed by atoms with E-state index < -0.39 is 0 Å². The first-order chi connectivity index (χ1) is 8.33. The fourth-order valence-corrected chi connectivity index (χ4v) is 1.96. The van der Waals surface area contributed by atoms with Crippen molar-refractivity contribution < 1.29 is 0 Å². The Balaban J connectivity index is 0.00000120. The molecule has 0 saturated heterocycles. The summed E-state index contributed by atoms with van der Waals surface area (Å²) in [5, 5.41) is 10.9. The van der Waals surface area contributed by atoms with Crippen LogP contribution in [0.2, 0.25) is 0 Å². The van der Waals surface area contributed by atoms with Crippen LogP contribution in [-0.2, 0) is 6.54 Å². The van der Waals surface area contributed by atoms with Crippen molar-refractivity contribution in [2.24, 2.45) is 4.99 Å². The minimum absolute atomic E-state index is 0. The molecule has 0 bridgehead atoms. The van der Waals surface area contributed by atoms with Crippen molar-refractivity contribution >= 4 is 35.5 Å². The average Bonchev–Trinajstić information content (AvgIpc) is 2.93. The van der Waals surface area contributed by atoms with Crippen molar-refractivity contribution in [1.82, 2.24) is 20.2 Å². The molecule has 2 N–H and O–H groups in total. The number of rotatable bonds is 2. The van der Waals surface area contributed by atoms with E-state index in [1.165, 1.54) is 5.56 Å². The zero-order chi connectivity index (χ0) is 11.7. The van der Waals surface area contributed by atoms with E-state index in [2.05, 4.69) is 33.7 Å². The average molecular weight is 357 g/mol. The molecule has 5 nitrogen and oxygen atoms in total. The zero-order valence-electron chi connectivity index (χ0n) is 10.1. The molecule has 3 heterocycles. The number of nitrogens with one attached hydrogen (secondary N) is 2. The minimum atomic E-state index is 0. The Hall–Kier alpha value is -1.31. The molecule has 3 rings (SSSR count). The molecular weight excluding hydrogens is 341 g/mol. The number of nitrogens with zero attached hydrogens (tertiary/aromatic N) is 3. The largest absolute Gasteiger partial charge is 0.352 e. The Kier molecular flexibility index (Phi) is 4.05. The second-order valence-corrected chi connectivity index (χ2v) is 4.29. The van der Waals surface area contributed by atoms with Gasteiger partial charge in [-0.05, 0) is 19.1 Å². The fraction of sp³-hybridized carbons (Fsp3) is 0.333. The predicted octanol–water partition coefficient (Wildman–Crippen LogP) is 1.39. The van der Waals surface area contributed by atoms with Gasteiger partial charge in [0.1, 0.15) is 0 Å². The number of aliphatic imine (C=N–C) groups is 1. The summed E-state index contributed by atoms with van der Waals surface area (Å²) in [4.78, 5) is 4.36. The number of aromatic nitrogens is 2. The van der Waals surface area contributed by atoms with Crippen LogP contribution in [0.15, 0.2) is 35.6 Å². The van der Waals surface area contributed by atoms with E-state index in [1.54, 1.807) is 0 Å². The highest BCUT2D eigenvalue weighted by molar-refractivity contribution is 14.0. The molecule has 0 fully saturated rings. The zero-order valence-corrected chi connectivity index (χ0v) is 12.5. The number of fused-ring (bicyclic) bond motifs is 1. The van der Waals surface area contributed by atoms with Crippen LogP contribution >= 0.6 is 24.0 Å². The Morgan fingerprint density at radius 2 is 2.39 bits per heavy atom. The maximum Gasteiger partial charge on any atom is 0.191 e. The summed E-state index contributed by atoms with van der Waals surface area (Å²) >= 11 is 0. The van der Waals surface area contributed by atoms with Crippen LogP contribution in [0.4, 0.5) is 0 Å². The summed E-state index contributed by atoms with van der Waals surface area (Å²) < 4.78 is 1.88. The Morgan fingerprint density at radius 1 is 1.50 bits per heavy atom. The lowest BCUT2D eigenvalue weighted by Crippen LogP contribution is -2.37. The van der Waals surface area contributed by atoms with E-state index in [0.717, 1.165) is 24.6 Å². The summed E-state index contributed by atoms with van der Waals surface area (Å²) in [6.07, 6.45) is 3.84. The van der Waals surface area contributed by atoms with E-state index in [9.17, 15) is 0 Å². The van der Waals surface area contributed by atoms with E-state index in [0.29, 0.717) is 6.04 Å². The van der Waals surface area contributed by atoms with Crippen LogP contribution in [0.5, 0.6) is 0 Å². The standard InChI is InChI=1S/C12H15N5.HI/c1-9-6-13-12(16-9)14-7-10-8-15-17-5-3-2-4-11(10)17;/h2-5,8-9H,6-7H2,1H3,(H2,13,14,16);1H. The number of hydrogen-bond donors (Lipinski definition) is 2. The maximum absolute atomic E-state index is 4.36. The third kappa shape index (κ3) is 2.58. The molecule has 2 aromatic rings. The summed E-state index contributed by atoms with van der Waals surface area (Å²) in [6, 6.07) is 6.49. The fourth-order valence-electron chi connectivity index (χ4n) is 1.96. The minimum Gasteiger partial charge on any atom is -0.352 e.